The molecule has 1 atom stereocenters. The fraction of sp³-hybridized carbons (Fsp3) is 1.00. The van der Waals surface area contributed by atoms with E-state index >= 15 is 0 Å². The van der Waals surface area contributed by atoms with Gasteiger partial charge in [-0.05, 0) is 39.8 Å². The van der Waals surface area contributed by atoms with Gasteiger partial charge in [0.15, 0.2) is 0 Å². The molecule has 1 aliphatic heterocycles. The summed E-state index contributed by atoms with van der Waals surface area (Å²) in [6.07, 6.45) is 2.74. The number of hydrogen-bond acceptors (Lipinski definition) is 2. The Balaban J connectivity index is 2.12. The van der Waals surface area contributed by atoms with Gasteiger partial charge in [0.25, 0.3) is 0 Å². The lowest BCUT2D eigenvalue weighted by Crippen LogP contribution is -2.33. The van der Waals surface area contributed by atoms with E-state index in [4.69, 9.17) is 4.74 Å². The Morgan fingerprint density at radius 2 is 2.00 bits per heavy atom. The molecule has 1 rings (SSSR count). The molecule has 2 heteroatoms. The molecule has 0 aromatic heterocycles. The van der Waals surface area contributed by atoms with Crippen molar-refractivity contribution in [3.05, 3.63) is 0 Å². The van der Waals surface area contributed by atoms with Crippen LogP contribution in [0.25, 0.3) is 0 Å². The molecule has 0 aromatic rings. The number of likely N-dealkylation sites (tertiary alicyclic amines) is 1. The average Bonchev–Trinajstić information content (AvgIpc) is 2.52. The Bertz CT molecular complexity index is 99.7. The average molecular weight is 157 g/mol. The summed E-state index contributed by atoms with van der Waals surface area (Å²) in [5.41, 5.74) is 0. The molecule has 0 N–H and O–H groups in total. The van der Waals surface area contributed by atoms with E-state index in [1.165, 1.54) is 25.9 Å². The summed E-state index contributed by atoms with van der Waals surface area (Å²) in [5.74, 6) is 0. The SMILES string of the molecule is CCOCC(C)N1CCCC1. The summed E-state index contributed by atoms with van der Waals surface area (Å²) in [6.45, 7) is 8.59. The monoisotopic (exact) mass is 157 g/mol. The fourth-order valence-electron chi connectivity index (χ4n) is 1.58. The lowest BCUT2D eigenvalue weighted by Gasteiger charge is -2.22. The highest BCUT2D eigenvalue weighted by atomic mass is 16.5. The van der Waals surface area contributed by atoms with Gasteiger partial charge in [-0.25, -0.2) is 0 Å². The van der Waals surface area contributed by atoms with Crippen molar-refractivity contribution >= 4 is 0 Å². The van der Waals surface area contributed by atoms with Crippen LogP contribution in [-0.2, 0) is 4.74 Å². The Morgan fingerprint density at radius 1 is 1.36 bits per heavy atom. The third-order valence-corrected chi connectivity index (χ3v) is 2.33. The van der Waals surface area contributed by atoms with Gasteiger partial charge in [-0.2, -0.15) is 0 Å². The zero-order valence-electron chi connectivity index (χ0n) is 7.68. The second kappa shape index (κ2) is 4.73. The molecule has 1 fully saturated rings. The van der Waals surface area contributed by atoms with E-state index in [1.807, 2.05) is 0 Å². The van der Waals surface area contributed by atoms with Crippen molar-refractivity contribution in [1.82, 2.24) is 4.90 Å². The van der Waals surface area contributed by atoms with Gasteiger partial charge in [0.1, 0.15) is 0 Å². The van der Waals surface area contributed by atoms with Crippen LogP contribution in [0.3, 0.4) is 0 Å². The summed E-state index contributed by atoms with van der Waals surface area (Å²) >= 11 is 0. The third kappa shape index (κ3) is 2.80. The van der Waals surface area contributed by atoms with Crippen molar-refractivity contribution in [1.29, 1.82) is 0 Å². The summed E-state index contributed by atoms with van der Waals surface area (Å²) < 4.78 is 5.37. The highest BCUT2D eigenvalue weighted by Gasteiger charge is 2.17. The molecule has 1 aliphatic rings. The molecule has 0 spiro atoms. The minimum Gasteiger partial charge on any atom is -0.380 e. The van der Waals surface area contributed by atoms with E-state index in [0.717, 1.165) is 13.2 Å². The number of hydrogen-bond donors (Lipinski definition) is 0. The second-order valence-corrected chi connectivity index (χ2v) is 3.25. The molecule has 0 aromatic carbocycles. The van der Waals surface area contributed by atoms with Gasteiger partial charge < -0.3 is 4.74 Å². The topological polar surface area (TPSA) is 12.5 Å². The highest BCUT2D eigenvalue weighted by Crippen LogP contribution is 2.11. The van der Waals surface area contributed by atoms with Gasteiger partial charge in [-0.3, -0.25) is 4.90 Å². The molecule has 1 heterocycles. The maximum absolute atomic E-state index is 5.37. The van der Waals surface area contributed by atoms with Gasteiger partial charge >= 0.3 is 0 Å². The Kier molecular flexibility index (Phi) is 3.87. The molecule has 11 heavy (non-hydrogen) atoms. The van der Waals surface area contributed by atoms with Crippen LogP contribution in [0.2, 0.25) is 0 Å². The van der Waals surface area contributed by atoms with Crippen LogP contribution in [0.4, 0.5) is 0 Å². The third-order valence-electron chi connectivity index (χ3n) is 2.33. The van der Waals surface area contributed by atoms with E-state index in [9.17, 15) is 0 Å². The smallest absolute Gasteiger partial charge is 0.0618 e. The highest BCUT2D eigenvalue weighted by molar-refractivity contribution is 4.72. The van der Waals surface area contributed by atoms with Crippen LogP contribution in [0.15, 0.2) is 0 Å². The van der Waals surface area contributed by atoms with Crippen LogP contribution in [0, 0.1) is 0 Å². The van der Waals surface area contributed by atoms with Crippen LogP contribution in [-0.4, -0.2) is 37.2 Å². The Labute approximate surface area is 69.5 Å². The fourth-order valence-corrected chi connectivity index (χ4v) is 1.58. The predicted molar refractivity (Wildman–Crippen MR) is 46.8 cm³/mol. The van der Waals surface area contributed by atoms with E-state index in [0.29, 0.717) is 6.04 Å². The molecule has 0 saturated carbocycles. The molecule has 1 unspecified atom stereocenters. The van der Waals surface area contributed by atoms with Crippen LogP contribution in [0.1, 0.15) is 26.7 Å². The van der Waals surface area contributed by atoms with Gasteiger partial charge in [0, 0.05) is 12.6 Å². The van der Waals surface area contributed by atoms with Gasteiger partial charge in [-0.1, -0.05) is 0 Å². The first kappa shape index (κ1) is 9.01. The van der Waals surface area contributed by atoms with Crippen molar-refractivity contribution in [2.24, 2.45) is 0 Å². The number of rotatable bonds is 4. The standard InChI is InChI=1S/C9H19NO/c1-3-11-8-9(2)10-6-4-5-7-10/h9H,3-8H2,1-2H3. The zero-order valence-corrected chi connectivity index (χ0v) is 7.68. The molecule has 0 bridgehead atoms. The first-order chi connectivity index (χ1) is 5.34. The predicted octanol–water partition coefficient (Wildman–Crippen LogP) is 1.51. The van der Waals surface area contributed by atoms with Crippen LogP contribution >= 0.6 is 0 Å². The largest absolute Gasteiger partial charge is 0.380 e. The molecular formula is C9H19NO. The summed E-state index contributed by atoms with van der Waals surface area (Å²) in [5, 5.41) is 0. The summed E-state index contributed by atoms with van der Waals surface area (Å²) in [4.78, 5) is 2.51. The molecule has 1 saturated heterocycles. The Hall–Kier alpha value is -0.0800. The lowest BCUT2D eigenvalue weighted by atomic mass is 10.3. The van der Waals surface area contributed by atoms with Gasteiger partial charge in [0.05, 0.1) is 6.61 Å². The maximum Gasteiger partial charge on any atom is 0.0618 e. The van der Waals surface area contributed by atoms with Gasteiger partial charge in [-0.15, -0.1) is 0 Å². The molecule has 0 radical (unpaired) electrons. The van der Waals surface area contributed by atoms with Crippen LogP contribution < -0.4 is 0 Å². The Morgan fingerprint density at radius 3 is 2.55 bits per heavy atom. The second-order valence-electron chi connectivity index (χ2n) is 3.25. The maximum atomic E-state index is 5.37. The lowest BCUT2D eigenvalue weighted by molar-refractivity contribution is 0.0845. The molecule has 2 nitrogen and oxygen atoms in total. The minimum absolute atomic E-state index is 0.623. The summed E-state index contributed by atoms with van der Waals surface area (Å²) in [7, 11) is 0. The quantitative estimate of drug-likeness (QED) is 0.613. The van der Waals surface area contributed by atoms with Crippen LogP contribution in [0.5, 0.6) is 0 Å². The van der Waals surface area contributed by atoms with E-state index < -0.39 is 0 Å². The van der Waals surface area contributed by atoms with E-state index in [1.54, 1.807) is 0 Å². The zero-order chi connectivity index (χ0) is 8.10. The van der Waals surface area contributed by atoms with Crippen molar-refractivity contribution in [3.63, 3.8) is 0 Å². The van der Waals surface area contributed by atoms with Crippen molar-refractivity contribution < 1.29 is 4.74 Å². The minimum atomic E-state index is 0.623. The first-order valence-corrected chi connectivity index (χ1v) is 4.66. The molecule has 0 amide bonds. The molecular weight excluding hydrogens is 138 g/mol. The number of ether oxygens (including phenoxy) is 1. The first-order valence-electron chi connectivity index (χ1n) is 4.66. The number of nitrogens with zero attached hydrogens (tertiary/aromatic N) is 1. The van der Waals surface area contributed by atoms with E-state index in [2.05, 4.69) is 18.7 Å². The van der Waals surface area contributed by atoms with Crippen molar-refractivity contribution in [3.8, 4) is 0 Å². The molecule has 0 aliphatic carbocycles. The normalized spacial score (nSPS) is 22.4. The summed E-state index contributed by atoms with van der Waals surface area (Å²) in [6, 6.07) is 0.623. The van der Waals surface area contributed by atoms with E-state index in [-0.39, 0.29) is 0 Å². The van der Waals surface area contributed by atoms with Crippen molar-refractivity contribution in [2.75, 3.05) is 26.3 Å². The van der Waals surface area contributed by atoms with Gasteiger partial charge in [0.2, 0.25) is 0 Å². The van der Waals surface area contributed by atoms with Crippen molar-refractivity contribution in [2.45, 2.75) is 32.7 Å². The molecule has 66 valence electrons.